The summed E-state index contributed by atoms with van der Waals surface area (Å²) in [4.78, 5) is 32.3. The van der Waals surface area contributed by atoms with Crippen molar-refractivity contribution in [1.82, 2.24) is 29.5 Å². The van der Waals surface area contributed by atoms with Gasteiger partial charge in [-0.3, -0.25) is 9.69 Å². The van der Waals surface area contributed by atoms with Crippen LogP contribution in [0.25, 0.3) is 22.3 Å². The van der Waals surface area contributed by atoms with Crippen molar-refractivity contribution >= 4 is 28.5 Å². The number of carbonyl (C=O) groups excluding carboxylic acids is 1. The van der Waals surface area contributed by atoms with Gasteiger partial charge in [-0.05, 0) is 52.6 Å². The third-order valence-corrected chi connectivity index (χ3v) is 9.40. The van der Waals surface area contributed by atoms with Crippen molar-refractivity contribution in [2.75, 3.05) is 46.1 Å². The van der Waals surface area contributed by atoms with E-state index in [2.05, 4.69) is 32.0 Å². The topological polar surface area (TPSA) is 150 Å². The van der Waals surface area contributed by atoms with Gasteiger partial charge in [0.25, 0.3) is 0 Å². The molecule has 12 heteroatoms. The third-order valence-electron chi connectivity index (χ3n) is 9.40. The number of ether oxygens (including phenoxy) is 1. The summed E-state index contributed by atoms with van der Waals surface area (Å²) < 4.78 is 7.85. The summed E-state index contributed by atoms with van der Waals surface area (Å²) in [6, 6.07) is 6.45. The first kappa shape index (κ1) is 27.4. The van der Waals surface area contributed by atoms with Gasteiger partial charge >= 0.3 is 0 Å². The fourth-order valence-electron chi connectivity index (χ4n) is 7.00. The Morgan fingerprint density at radius 3 is 2.44 bits per heavy atom. The van der Waals surface area contributed by atoms with Crippen LogP contribution in [0.3, 0.4) is 0 Å². The predicted octanol–water partition coefficient (Wildman–Crippen LogP) is 2.33. The number of anilines is 1. The molecule has 1 saturated carbocycles. The molecule has 0 bridgehead atoms. The van der Waals surface area contributed by atoms with Crippen LogP contribution in [0.4, 0.5) is 5.82 Å². The number of nitrogens with two attached hydrogens (primary N) is 2. The Balaban J connectivity index is 1.35. The van der Waals surface area contributed by atoms with Crippen LogP contribution in [-0.2, 0) is 15.0 Å². The molecule has 41 heavy (non-hydrogen) atoms. The standard InChI is InChI=1S/C29H39N9O3/c1-17-29(28(31)39,18(2)41-35-17)22-10-5-19(15-23(22)40-4)25-24-26(30)32-16-33-27(24)38(34-25)21-8-6-20(7-9-21)37-13-11-36(3)12-14-37/h5,10,15-16,18,20-21H,6-9,11-14H2,1-4H3,(H2,31,39)(H2,30,32,33). The molecule has 218 valence electrons. The number of hydrogen-bond acceptors (Lipinski definition) is 10. The molecule has 1 aromatic carbocycles. The molecule has 0 radical (unpaired) electrons. The molecule has 1 aliphatic carbocycles. The van der Waals surface area contributed by atoms with Gasteiger partial charge in [-0.2, -0.15) is 5.10 Å². The number of amides is 1. The lowest BCUT2D eigenvalue weighted by atomic mass is 9.72. The van der Waals surface area contributed by atoms with Crippen molar-refractivity contribution in [1.29, 1.82) is 0 Å². The second-order valence-corrected chi connectivity index (χ2v) is 11.6. The van der Waals surface area contributed by atoms with Gasteiger partial charge < -0.3 is 25.9 Å². The second kappa shape index (κ2) is 10.6. The van der Waals surface area contributed by atoms with Gasteiger partial charge in [0.2, 0.25) is 5.91 Å². The lowest BCUT2D eigenvalue weighted by Gasteiger charge is -2.41. The maximum absolute atomic E-state index is 12.9. The van der Waals surface area contributed by atoms with Gasteiger partial charge in [0, 0.05) is 43.3 Å². The lowest BCUT2D eigenvalue weighted by molar-refractivity contribution is -0.124. The number of carbonyl (C=O) groups is 1. The molecule has 4 N–H and O–H groups in total. The molecular formula is C29H39N9O3. The minimum Gasteiger partial charge on any atom is -0.496 e. The summed E-state index contributed by atoms with van der Waals surface area (Å²) in [5, 5.41) is 9.88. The molecule has 2 aliphatic heterocycles. The number of likely N-dealkylation sites (N-methyl/N-ethyl adjacent to an activating group) is 1. The van der Waals surface area contributed by atoms with Gasteiger partial charge in [0.1, 0.15) is 29.7 Å². The van der Waals surface area contributed by atoms with Gasteiger partial charge in [-0.1, -0.05) is 17.3 Å². The average molecular weight is 562 g/mol. The van der Waals surface area contributed by atoms with Crippen molar-refractivity contribution in [3.8, 4) is 17.0 Å². The summed E-state index contributed by atoms with van der Waals surface area (Å²) >= 11 is 0. The summed E-state index contributed by atoms with van der Waals surface area (Å²) in [6.45, 7) is 8.05. The molecule has 1 amide bonds. The highest BCUT2D eigenvalue weighted by atomic mass is 16.6. The number of piperazine rings is 1. The number of rotatable bonds is 6. The Morgan fingerprint density at radius 2 is 1.80 bits per heavy atom. The average Bonchev–Trinajstić information content (AvgIpc) is 3.52. The summed E-state index contributed by atoms with van der Waals surface area (Å²) in [5.74, 6) is 0.313. The fraction of sp³-hybridized carbons (Fsp3) is 0.552. The van der Waals surface area contributed by atoms with E-state index in [-0.39, 0.29) is 6.04 Å². The van der Waals surface area contributed by atoms with Gasteiger partial charge in [0.05, 0.1) is 24.2 Å². The van der Waals surface area contributed by atoms with Crippen LogP contribution in [0.1, 0.15) is 51.1 Å². The number of fused-ring (bicyclic) bond motifs is 1. The molecule has 6 rings (SSSR count). The van der Waals surface area contributed by atoms with Crippen molar-refractivity contribution in [2.45, 2.75) is 63.1 Å². The van der Waals surface area contributed by atoms with Crippen LogP contribution in [0, 0.1) is 0 Å². The fourth-order valence-corrected chi connectivity index (χ4v) is 7.00. The van der Waals surface area contributed by atoms with Gasteiger partial charge in [0.15, 0.2) is 11.1 Å². The molecule has 2 aromatic heterocycles. The first-order chi connectivity index (χ1) is 19.7. The molecule has 3 aromatic rings. The highest BCUT2D eigenvalue weighted by molar-refractivity contribution is 6.14. The molecule has 3 aliphatic rings. The highest BCUT2D eigenvalue weighted by Crippen LogP contribution is 2.44. The van der Waals surface area contributed by atoms with Crippen molar-refractivity contribution < 1.29 is 14.4 Å². The van der Waals surface area contributed by atoms with Crippen LogP contribution >= 0.6 is 0 Å². The maximum atomic E-state index is 12.9. The molecule has 0 spiro atoms. The molecular weight excluding hydrogens is 522 g/mol. The normalized spacial score (nSPS) is 27.5. The van der Waals surface area contributed by atoms with E-state index in [1.54, 1.807) is 21.0 Å². The maximum Gasteiger partial charge on any atom is 0.238 e. The third kappa shape index (κ3) is 4.40. The Labute approximate surface area is 239 Å². The van der Waals surface area contributed by atoms with E-state index in [0.29, 0.717) is 40.0 Å². The number of oxime groups is 1. The Hall–Kier alpha value is -3.77. The van der Waals surface area contributed by atoms with Crippen molar-refractivity contribution in [3.63, 3.8) is 0 Å². The Bertz CT molecular complexity index is 1490. The minimum absolute atomic E-state index is 0.221. The number of primary amides is 1. The largest absolute Gasteiger partial charge is 0.496 e. The van der Waals surface area contributed by atoms with Crippen LogP contribution < -0.4 is 16.2 Å². The molecule has 2 atom stereocenters. The van der Waals surface area contributed by atoms with E-state index in [4.69, 9.17) is 26.1 Å². The number of methoxy groups -OCH3 is 1. The van der Waals surface area contributed by atoms with Crippen molar-refractivity contribution in [2.24, 2.45) is 10.9 Å². The quantitative estimate of drug-likeness (QED) is 0.462. The Morgan fingerprint density at radius 1 is 1.10 bits per heavy atom. The summed E-state index contributed by atoms with van der Waals surface area (Å²) in [7, 11) is 3.76. The van der Waals surface area contributed by atoms with Crippen LogP contribution in [0.5, 0.6) is 5.75 Å². The second-order valence-electron chi connectivity index (χ2n) is 11.6. The van der Waals surface area contributed by atoms with E-state index < -0.39 is 17.4 Å². The van der Waals surface area contributed by atoms with E-state index in [1.165, 1.54) is 6.33 Å². The number of benzene rings is 1. The van der Waals surface area contributed by atoms with Crippen LogP contribution in [0.15, 0.2) is 29.7 Å². The molecule has 2 unspecified atom stereocenters. The smallest absolute Gasteiger partial charge is 0.238 e. The SMILES string of the molecule is COc1cc(-c2nn(C3CCC(N4CCN(C)CC4)CC3)c3ncnc(N)c23)ccc1C1(C(N)=O)C(C)=NOC1C. The minimum atomic E-state index is -1.24. The molecule has 2 fully saturated rings. The Kier molecular flexibility index (Phi) is 7.06. The van der Waals surface area contributed by atoms with Crippen molar-refractivity contribution in [3.05, 3.63) is 30.1 Å². The number of nitrogens with zero attached hydrogens (tertiary/aromatic N) is 7. The van der Waals surface area contributed by atoms with Gasteiger partial charge in [-0.25, -0.2) is 14.6 Å². The zero-order valence-electron chi connectivity index (χ0n) is 24.2. The molecule has 4 heterocycles. The van der Waals surface area contributed by atoms with Crippen LogP contribution in [0.2, 0.25) is 0 Å². The highest BCUT2D eigenvalue weighted by Gasteiger charge is 2.54. The molecule has 1 saturated heterocycles. The zero-order chi connectivity index (χ0) is 28.9. The van der Waals surface area contributed by atoms with Crippen LogP contribution in [-0.4, -0.2) is 93.6 Å². The first-order valence-corrected chi connectivity index (χ1v) is 14.4. The van der Waals surface area contributed by atoms with Gasteiger partial charge in [-0.15, -0.1) is 0 Å². The lowest BCUT2D eigenvalue weighted by Crippen LogP contribution is -2.52. The summed E-state index contributed by atoms with van der Waals surface area (Å²) in [6.07, 6.45) is 5.23. The predicted molar refractivity (Wildman–Crippen MR) is 157 cm³/mol. The number of nitrogen functional groups attached to an aromatic ring is 1. The zero-order valence-corrected chi connectivity index (χ0v) is 24.2. The van der Waals surface area contributed by atoms with E-state index in [1.807, 2.05) is 22.9 Å². The van der Waals surface area contributed by atoms with E-state index in [9.17, 15) is 4.79 Å². The van der Waals surface area contributed by atoms with E-state index >= 15 is 0 Å². The number of hydrogen-bond donors (Lipinski definition) is 2. The monoisotopic (exact) mass is 561 g/mol. The first-order valence-electron chi connectivity index (χ1n) is 14.4. The molecule has 12 nitrogen and oxygen atoms in total. The summed E-state index contributed by atoms with van der Waals surface area (Å²) in [5.41, 5.74) is 14.4. The number of aromatic nitrogens is 4. The van der Waals surface area contributed by atoms with E-state index in [0.717, 1.165) is 63.1 Å².